The Kier molecular flexibility index (Phi) is 3.02. The molecule has 0 amide bonds. The minimum atomic E-state index is -3.64. The Hall–Kier alpha value is -2.00. The molecule has 0 saturated carbocycles. The highest BCUT2D eigenvalue weighted by Gasteiger charge is 2.14. The average Bonchev–Trinajstić information content (AvgIpc) is 2.80. The molecule has 0 aliphatic rings. The fraction of sp³-hybridized carbons (Fsp3) is 0.125. The summed E-state index contributed by atoms with van der Waals surface area (Å²) in [5.41, 5.74) is 5.27. The van der Waals surface area contributed by atoms with Crippen LogP contribution in [0, 0.1) is 0 Å². The largest absolute Gasteiger partial charge is 0.368 e. The van der Waals surface area contributed by atoms with Gasteiger partial charge >= 0.3 is 0 Å². The number of anilines is 1. The van der Waals surface area contributed by atoms with Crippen molar-refractivity contribution in [3.63, 3.8) is 0 Å². The summed E-state index contributed by atoms with van der Waals surface area (Å²) in [6.07, 6.45) is 5.44. The molecule has 0 unspecified atom stereocenters. The lowest BCUT2D eigenvalue weighted by Crippen LogP contribution is -2.24. The number of nitrogens with zero attached hydrogens (tertiary/aromatic N) is 3. The van der Waals surface area contributed by atoms with Gasteiger partial charge in [-0.1, -0.05) is 0 Å². The molecule has 9 heteroatoms. The molecule has 0 aliphatic heterocycles. The summed E-state index contributed by atoms with van der Waals surface area (Å²) in [5.74, 6) is 0.542. The van der Waals surface area contributed by atoms with Crippen LogP contribution in [0.2, 0.25) is 0 Å². The van der Waals surface area contributed by atoms with Crippen molar-refractivity contribution in [3.05, 3.63) is 30.6 Å². The van der Waals surface area contributed by atoms with Crippen LogP contribution in [-0.4, -0.2) is 28.4 Å². The fourth-order valence-electron chi connectivity index (χ4n) is 1.11. The van der Waals surface area contributed by atoms with Gasteiger partial charge in [0, 0.05) is 12.4 Å². The first-order chi connectivity index (χ1) is 8.08. The molecule has 0 bridgehead atoms. The first-order valence-electron chi connectivity index (χ1n) is 4.63. The van der Waals surface area contributed by atoms with E-state index in [4.69, 9.17) is 5.73 Å². The number of aromatic amines is 1. The van der Waals surface area contributed by atoms with E-state index in [1.807, 2.05) is 0 Å². The van der Waals surface area contributed by atoms with Crippen LogP contribution in [0.25, 0.3) is 0 Å². The fourth-order valence-corrected chi connectivity index (χ4v) is 1.98. The molecule has 0 atom stereocenters. The van der Waals surface area contributed by atoms with Gasteiger partial charge in [0.15, 0.2) is 0 Å². The van der Waals surface area contributed by atoms with E-state index in [-0.39, 0.29) is 17.4 Å². The second kappa shape index (κ2) is 4.47. The number of imidazole rings is 1. The number of nitrogen functional groups attached to an aromatic ring is 1. The molecular formula is C8H10N6O2S. The molecule has 2 heterocycles. The standard InChI is InChI=1S/C8H10N6O2S/c9-8-12-3-6(4-13-8)17(15,16)14-5-7-10-1-2-11-7/h1-4,14H,5H2,(H,10,11)(H2,9,12,13). The van der Waals surface area contributed by atoms with Crippen LogP contribution < -0.4 is 10.5 Å². The molecule has 8 nitrogen and oxygen atoms in total. The van der Waals surface area contributed by atoms with Gasteiger partial charge in [-0.25, -0.2) is 28.1 Å². The van der Waals surface area contributed by atoms with Gasteiger partial charge in [-0.2, -0.15) is 0 Å². The first kappa shape index (κ1) is 11.5. The number of aromatic nitrogens is 4. The van der Waals surface area contributed by atoms with E-state index in [1.54, 1.807) is 6.20 Å². The number of hydrogen-bond donors (Lipinski definition) is 3. The molecule has 2 aromatic rings. The minimum Gasteiger partial charge on any atom is -0.368 e. The zero-order valence-corrected chi connectivity index (χ0v) is 9.48. The van der Waals surface area contributed by atoms with Crippen molar-refractivity contribution in [2.75, 3.05) is 5.73 Å². The highest BCUT2D eigenvalue weighted by molar-refractivity contribution is 7.89. The van der Waals surface area contributed by atoms with Crippen LogP contribution in [0.1, 0.15) is 5.82 Å². The van der Waals surface area contributed by atoms with Gasteiger partial charge in [0.1, 0.15) is 10.7 Å². The molecule has 0 aromatic carbocycles. The third kappa shape index (κ3) is 2.77. The highest BCUT2D eigenvalue weighted by atomic mass is 32.2. The average molecular weight is 254 g/mol. The Bertz CT molecular complexity index is 577. The first-order valence-corrected chi connectivity index (χ1v) is 6.12. The van der Waals surface area contributed by atoms with Crippen LogP contribution >= 0.6 is 0 Å². The Morgan fingerprint density at radius 3 is 2.59 bits per heavy atom. The predicted octanol–water partition coefficient (Wildman–Crippen LogP) is -0.740. The van der Waals surface area contributed by atoms with E-state index < -0.39 is 10.0 Å². The van der Waals surface area contributed by atoms with Crippen molar-refractivity contribution in [1.29, 1.82) is 0 Å². The maximum atomic E-state index is 11.8. The second-order valence-corrected chi connectivity index (χ2v) is 4.90. The highest BCUT2D eigenvalue weighted by Crippen LogP contribution is 2.06. The molecule has 4 N–H and O–H groups in total. The summed E-state index contributed by atoms with van der Waals surface area (Å²) in [4.78, 5) is 13.9. The second-order valence-electron chi connectivity index (χ2n) is 3.14. The summed E-state index contributed by atoms with van der Waals surface area (Å²) in [5, 5.41) is 0. The molecule has 2 rings (SSSR count). The van der Waals surface area contributed by atoms with Crippen LogP contribution in [0.5, 0.6) is 0 Å². The van der Waals surface area contributed by atoms with E-state index in [2.05, 4.69) is 24.7 Å². The van der Waals surface area contributed by atoms with E-state index in [0.717, 1.165) is 12.4 Å². The molecular weight excluding hydrogens is 244 g/mol. The van der Waals surface area contributed by atoms with E-state index in [1.165, 1.54) is 6.20 Å². The lowest BCUT2D eigenvalue weighted by Gasteiger charge is -2.04. The third-order valence-electron chi connectivity index (χ3n) is 1.94. The van der Waals surface area contributed by atoms with Gasteiger partial charge < -0.3 is 10.7 Å². The lowest BCUT2D eigenvalue weighted by atomic mass is 10.6. The van der Waals surface area contributed by atoms with Crippen molar-refractivity contribution in [2.24, 2.45) is 0 Å². The monoisotopic (exact) mass is 254 g/mol. The smallest absolute Gasteiger partial charge is 0.244 e. The molecule has 90 valence electrons. The maximum absolute atomic E-state index is 11.8. The lowest BCUT2D eigenvalue weighted by molar-refractivity contribution is 0.578. The molecule has 0 aliphatic carbocycles. The number of nitrogens with two attached hydrogens (primary N) is 1. The minimum absolute atomic E-state index is 0.0231. The Morgan fingerprint density at radius 2 is 2.00 bits per heavy atom. The Morgan fingerprint density at radius 1 is 1.29 bits per heavy atom. The SMILES string of the molecule is Nc1ncc(S(=O)(=O)NCc2ncc[nH]2)cn1. The summed E-state index contributed by atoms with van der Waals surface area (Å²) >= 11 is 0. The van der Waals surface area contributed by atoms with Crippen LogP contribution in [-0.2, 0) is 16.6 Å². The maximum Gasteiger partial charge on any atom is 0.244 e. The van der Waals surface area contributed by atoms with Gasteiger partial charge in [0.05, 0.1) is 18.9 Å². The molecule has 17 heavy (non-hydrogen) atoms. The molecule has 2 aromatic heterocycles. The van der Waals surface area contributed by atoms with Crippen LogP contribution in [0.4, 0.5) is 5.95 Å². The molecule has 0 fully saturated rings. The summed E-state index contributed by atoms with van der Waals surface area (Å²) in [6, 6.07) is 0. The van der Waals surface area contributed by atoms with Crippen LogP contribution in [0.3, 0.4) is 0 Å². The zero-order valence-electron chi connectivity index (χ0n) is 8.66. The molecule has 0 spiro atoms. The topological polar surface area (TPSA) is 127 Å². The van der Waals surface area contributed by atoms with E-state index in [0.29, 0.717) is 5.82 Å². The molecule has 0 saturated heterocycles. The van der Waals surface area contributed by atoms with Crippen molar-refractivity contribution >= 4 is 16.0 Å². The predicted molar refractivity (Wildman–Crippen MR) is 59.1 cm³/mol. The van der Waals surface area contributed by atoms with Gasteiger partial charge in [-0.05, 0) is 0 Å². The summed E-state index contributed by atoms with van der Waals surface area (Å²) < 4.78 is 25.9. The van der Waals surface area contributed by atoms with Gasteiger partial charge in [0.25, 0.3) is 0 Å². The summed E-state index contributed by atoms with van der Waals surface area (Å²) in [6.45, 7) is 0.0692. The number of sulfonamides is 1. The Balaban J connectivity index is 2.11. The number of H-pyrrole nitrogens is 1. The van der Waals surface area contributed by atoms with E-state index in [9.17, 15) is 8.42 Å². The van der Waals surface area contributed by atoms with Crippen LogP contribution in [0.15, 0.2) is 29.7 Å². The number of rotatable bonds is 4. The number of hydrogen-bond acceptors (Lipinski definition) is 6. The normalized spacial score (nSPS) is 11.5. The van der Waals surface area contributed by atoms with Crippen molar-refractivity contribution in [3.8, 4) is 0 Å². The Labute approximate surface area is 97.4 Å². The van der Waals surface area contributed by atoms with E-state index >= 15 is 0 Å². The van der Waals surface area contributed by atoms with Gasteiger partial charge in [-0.15, -0.1) is 0 Å². The van der Waals surface area contributed by atoms with Crippen molar-refractivity contribution in [2.45, 2.75) is 11.4 Å². The van der Waals surface area contributed by atoms with Crippen molar-refractivity contribution in [1.82, 2.24) is 24.7 Å². The van der Waals surface area contributed by atoms with Gasteiger partial charge in [0.2, 0.25) is 16.0 Å². The van der Waals surface area contributed by atoms with Gasteiger partial charge in [-0.3, -0.25) is 0 Å². The van der Waals surface area contributed by atoms with Crippen molar-refractivity contribution < 1.29 is 8.42 Å². The quantitative estimate of drug-likeness (QED) is 0.659. The summed E-state index contributed by atoms with van der Waals surface area (Å²) in [7, 11) is -3.64. The zero-order chi connectivity index (χ0) is 12.3. The molecule has 0 radical (unpaired) electrons. The third-order valence-corrected chi connectivity index (χ3v) is 3.30. The number of nitrogens with one attached hydrogen (secondary N) is 2.